The summed E-state index contributed by atoms with van der Waals surface area (Å²) < 4.78 is 0. The Morgan fingerprint density at radius 3 is 2.68 bits per heavy atom. The topological polar surface area (TPSA) is 116 Å². The average Bonchev–Trinajstić information content (AvgIpc) is 3.31. The molecule has 5 atom stereocenters. The van der Waals surface area contributed by atoms with Gasteiger partial charge in [0.25, 0.3) is 0 Å². The fourth-order valence-electron chi connectivity index (χ4n) is 5.78. The Kier molecular flexibility index (Phi) is 9.09. The van der Waals surface area contributed by atoms with Crippen LogP contribution in [0.1, 0.15) is 78.1 Å². The first-order valence-electron chi connectivity index (χ1n) is 13.2. The zero-order valence-electron chi connectivity index (χ0n) is 20.6. The number of carbonyl (C=O) groups is 2. The lowest BCUT2D eigenvalue weighted by molar-refractivity contribution is -0.134. The van der Waals surface area contributed by atoms with Crippen molar-refractivity contribution < 1.29 is 14.4 Å². The van der Waals surface area contributed by atoms with Gasteiger partial charge in [0.05, 0.1) is 12.3 Å². The molecule has 2 heterocycles. The van der Waals surface area contributed by atoms with Gasteiger partial charge in [-0.15, -0.1) is 11.6 Å². The van der Waals surface area contributed by atoms with Crippen LogP contribution in [0.15, 0.2) is 0 Å². The fraction of sp³-hybridized carbons (Fsp3) is 0.917. The van der Waals surface area contributed by atoms with Gasteiger partial charge in [0, 0.05) is 36.7 Å². The summed E-state index contributed by atoms with van der Waals surface area (Å²) in [5.74, 6) is 1.12. The molecule has 6 N–H and O–H groups in total. The van der Waals surface area contributed by atoms with E-state index in [1.165, 1.54) is 6.42 Å². The number of hydroxylamine groups is 1. The van der Waals surface area contributed by atoms with Crippen LogP contribution < -0.4 is 32.3 Å². The Hall–Kier alpha value is -0.970. The molecule has 194 valence electrons. The highest BCUT2D eigenvalue weighted by Gasteiger charge is 2.40. The molecule has 4 fully saturated rings. The smallest absolute Gasteiger partial charge is 0.237 e. The number of halogens is 1. The van der Waals surface area contributed by atoms with Gasteiger partial charge in [0.2, 0.25) is 11.8 Å². The van der Waals surface area contributed by atoms with Gasteiger partial charge in [0.15, 0.2) is 0 Å². The molecule has 2 saturated heterocycles. The van der Waals surface area contributed by atoms with Gasteiger partial charge in [-0.05, 0) is 56.3 Å². The average molecular weight is 499 g/mol. The van der Waals surface area contributed by atoms with Crippen LogP contribution in [0.4, 0.5) is 0 Å². The summed E-state index contributed by atoms with van der Waals surface area (Å²) in [6.45, 7) is 5.62. The first kappa shape index (κ1) is 26.1. The standard InChI is InChI=1S/C24H43ClN6O3/c1-24(2,14-27-22-17-5-3-4-6-18(17)23(33)30-29-22)13-26-19(32)11-12-20-28-21(31-34-20)15-7-9-16(25)10-8-15/h15-18,20-22,27-29,31H,3-14H2,1-2H3,(H,26,32)(H,30,33). The van der Waals surface area contributed by atoms with Crippen molar-refractivity contribution in [2.45, 2.75) is 102 Å². The number of carbonyl (C=O) groups excluding carboxylic acids is 2. The number of rotatable bonds is 9. The molecule has 2 aliphatic carbocycles. The van der Waals surface area contributed by atoms with Crippen molar-refractivity contribution >= 4 is 23.4 Å². The number of hydrogen-bond donors (Lipinski definition) is 6. The maximum absolute atomic E-state index is 12.5. The Balaban J connectivity index is 1.12. The van der Waals surface area contributed by atoms with E-state index in [-0.39, 0.29) is 41.7 Å². The second-order valence-electron chi connectivity index (χ2n) is 11.4. The molecule has 34 heavy (non-hydrogen) atoms. The molecule has 2 amide bonds. The lowest BCUT2D eigenvalue weighted by atomic mass is 9.76. The van der Waals surface area contributed by atoms with Crippen LogP contribution in [0.5, 0.6) is 0 Å². The first-order valence-corrected chi connectivity index (χ1v) is 13.6. The van der Waals surface area contributed by atoms with Crippen LogP contribution in [0.2, 0.25) is 0 Å². The van der Waals surface area contributed by atoms with E-state index in [0.717, 1.165) is 51.5 Å². The summed E-state index contributed by atoms with van der Waals surface area (Å²) in [6, 6.07) is 0. The van der Waals surface area contributed by atoms with Gasteiger partial charge >= 0.3 is 0 Å². The SMILES string of the molecule is CC(C)(CNC(=O)CCC1NC(C2CCC(Cl)CC2)NO1)CNC1NNC(=O)C2CCCCC12. The maximum atomic E-state index is 12.5. The van der Waals surface area contributed by atoms with E-state index in [2.05, 4.69) is 46.1 Å². The highest BCUT2D eigenvalue weighted by Crippen LogP contribution is 2.34. The van der Waals surface area contributed by atoms with Crippen LogP contribution in [0, 0.1) is 23.2 Å². The molecule has 4 aliphatic rings. The summed E-state index contributed by atoms with van der Waals surface area (Å²) in [7, 11) is 0. The predicted octanol–water partition coefficient (Wildman–Crippen LogP) is 1.84. The molecule has 2 aliphatic heterocycles. The minimum atomic E-state index is -0.143. The summed E-state index contributed by atoms with van der Waals surface area (Å²) in [6.07, 6.45) is 9.78. The Morgan fingerprint density at radius 2 is 1.88 bits per heavy atom. The van der Waals surface area contributed by atoms with E-state index >= 15 is 0 Å². The molecular weight excluding hydrogens is 456 g/mol. The first-order chi connectivity index (χ1) is 16.3. The minimum absolute atomic E-state index is 0.0416. The number of hydrazine groups is 1. The molecule has 9 nitrogen and oxygen atoms in total. The molecule has 0 bridgehead atoms. The van der Waals surface area contributed by atoms with Crippen molar-refractivity contribution in [2.24, 2.45) is 23.2 Å². The van der Waals surface area contributed by atoms with Gasteiger partial charge in [-0.25, -0.2) is 5.43 Å². The third-order valence-electron chi connectivity index (χ3n) is 8.01. The summed E-state index contributed by atoms with van der Waals surface area (Å²) in [4.78, 5) is 30.3. The van der Waals surface area contributed by atoms with E-state index in [1.807, 2.05) is 0 Å². The zero-order valence-corrected chi connectivity index (χ0v) is 21.4. The van der Waals surface area contributed by atoms with Gasteiger partial charge < -0.3 is 5.32 Å². The maximum Gasteiger partial charge on any atom is 0.237 e. The Labute approximate surface area is 208 Å². The van der Waals surface area contributed by atoms with Crippen molar-refractivity contribution in [3.05, 3.63) is 0 Å². The van der Waals surface area contributed by atoms with Gasteiger partial charge in [-0.2, -0.15) is 5.48 Å². The summed E-state index contributed by atoms with van der Waals surface area (Å²) >= 11 is 6.22. The van der Waals surface area contributed by atoms with Crippen molar-refractivity contribution in [3.8, 4) is 0 Å². The van der Waals surface area contributed by atoms with E-state index < -0.39 is 0 Å². The largest absolute Gasteiger partial charge is 0.356 e. The molecule has 0 spiro atoms. The second kappa shape index (κ2) is 11.8. The number of fused-ring (bicyclic) bond motifs is 1. The zero-order chi connectivity index (χ0) is 24.1. The highest BCUT2D eigenvalue weighted by atomic mass is 35.5. The van der Waals surface area contributed by atoms with E-state index in [0.29, 0.717) is 36.6 Å². The van der Waals surface area contributed by atoms with Crippen molar-refractivity contribution in [1.82, 2.24) is 32.3 Å². The van der Waals surface area contributed by atoms with Crippen LogP contribution in [-0.4, -0.2) is 48.8 Å². The highest BCUT2D eigenvalue weighted by molar-refractivity contribution is 6.20. The lowest BCUT2D eigenvalue weighted by Gasteiger charge is -2.42. The third-order valence-corrected chi connectivity index (χ3v) is 8.45. The van der Waals surface area contributed by atoms with Crippen LogP contribution in [0.3, 0.4) is 0 Å². The van der Waals surface area contributed by atoms with Crippen LogP contribution >= 0.6 is 11.6 Å². The fourth-order valence-corrected chi connectivity index (χ4v) is 6.03. The molecule has 10 heteroatoms. The molecule has 4 rings (SSSR count). The lowest BCUT2D eigenvalue weighted by Crippen LogP contribution is -2.65. The van der Waals surface area contributed by atoms with Crippen LogP contribution in [-0.2, 0) is 14.4 Å². The quantitative estimate of drug-likeness (QED) is 0.269. The van der Waals surface area contributed by atoms with Crippen molar-refractivity contribution in [3.63, 3.8) is 0 Å². The van der Waals surface area contributed by atoms with Gasteiger partial charge in [-0.3, -0.25) is 30.5 Å². The number of hydrogen-bond acceptors (Lipinski definition) is 7. The van der Waals surface area contributed by atoms with Crippen molar-refractivity contribution in [2.75, 3.05) is 13.1 Å². The van der Waals surface area contributed by atoms with E-state index in [9.17, 15) is 9.59 Å². The molecule has 2 saturated carbocycles. The summed E-state index contributed by atoms with van der Waals surface area (Å²) in [5, 5.41) is 10.5. The van der Waals surface area contributed by atoms with Crippen LogP contribution in [0.25, 0.3) is 0 Å². The number of alkyl halides is 1. The minimum Gasteiger partial charge on any atom is -0.356 e. The molecule has 5 unspecified atom stereocenters. The van der Waals surface area contributed by atoms with Gasteiger partial charge in [-0.1, -0.05) is 26.7 Å². The second-order valence-corrected chi connectivity index (χ2v) is 12.0. The third kappa shape index (κ3) is 7.04. The normalized spacial score (nSPS) is 36.6. The monoisotopic (exact) mass is 498 g/mol. The van der Waals surface area contributed by atoms with Gasteiger partial charge in [0.1, 0.15) is 6.23 Å². The van der Waals surface area contributed by atoms with Crippen molar-refractivity contribution in [1.29, 1.82) is 0 Å². The number of nitrogens with one attached hydrogen (secondary N) is 6. The summed E-state index contributed by atoms with van der Waals surface area (Å²) in [5.41, 5.74) is 9.00. The number of amides is 2. The molecule has 0 radical (unpaired) electrons. The Bertz CT molecular complexity index is 702. The Morgan fingerprint density at radius 1 is 1.12 bits per heavy atom. The van der Waals surface area contributed by atoms with E-state index in [1.54, 1.807) is 0 Å². The molecule has 0 aromatic carbocycles. The molecule has 0 aromatic rings. The molecular formula is C24H43ClN6O3. The predicted molar refractivity (Wildman–Crippen MR) is 131 cm³/mol. The molecule has 0 aromatic heterocycles. The van der Waals surface area contributed by atoms with E-state index in [4.69, 9.17) is 16.4 Å².